The molecule has 0 unspecified atom stereocenters. The van der Waals surface area contributed by atoms with E-state index in [4.69, 9.17) is 4.98 Å². The number of hydrogen-bond acceptors (Lipinski definition) is 5. The predicted octanol–water partition coefficient (Wildman–Crippen LogP) is 4.93. The first-order chi connectivity index (χ1) is 15.3. The Labute approximate surface area is 181 Å². The fourth-order valence-electron chi connectivity index (χ4n) is 4.05. The lowest BCUT2D eigenvalue weighted by Gasteiger charge is -2.29. The number of piperidine rings is 1. The molecule has 6 nitrogen and oxygen atoms in total. The van der Waals surface area contributed by atoms with Crippen LogP contribution in [-0.4, -0.2) is 33.9 Å². The molecule has 31 heavy (non-hydrogen) atoms. The van der Waals surface area contributed by atoms with Crippen LogP contribution in [0.1, 0.15) is 29.6 Å². The van der Waals surface area contributed by atoms with Gasteiger partial charge in [0.15, 0.2) is 0 Å². The molecule has 154 valence electrons. The maximum atomic E-state index is 12.9. The number of aromatic nitrogens is 3. The van der Waals surface area contributed by atoms with Crippen molar-refractivity contribution in [2.24, 2.45) is 0 Å². The molecule has 3 heterocycles. The highest BCUT2D eigenvalue weighted by molar-refractivity contribution is 6.11. The van der Waals surface area contributed by atoms with Crippen LogP contribution in [0, 0.1) is 0 Å². The number of hydrogen-bond donors (Lipinski definition) is 1. The Hall–Kier alpha value is -3.80. The van der Waals surface area contributed by atoms with Crippen molar-refractivity contribution < 1.29 is 4.79 Å². The lowest BCUT2D eigenvalue weighted by Crippen LogP contribution is -2.29. The van der Waals surface area contributed by atoms with E-state index in [9.17, 15) is 4.79 Å². The van der Waals surface area contributed by atoms with E-state index >= 15 is 0 Å². The maximum absolute atomic E-state index is 12.9. The SMILES string of the molecule is O=C(Nc1ccncn1)c1cccc2ccc(-c3cccc(N4CCCCC4)c3)nc12. The van der Waals surface area contributed by atoms with Crippen LogP contribution < -0.4 is 10.2 Å². The molecule has 5 rings (SSSR count). The number of rotatable bonds is 4. The van der Waals surface area contributed by atoms with Crippen LogP contribution in [0.4, 0.5) is 11.5 Å². The van der Waals surface area contributed by atoms with Gasteiger partial charge in [-0.25, -0.2) is 15.0 Å². The molecule has 0 spiro atoms. The predicted molar refractivity (Wildman–Crippen MR) is 123 cm³/mol. The summed E-state index contributed by atoms with van der Waals surface area (Å²) in [4.78, 5) is 28.2. The molecule has 0 aliphatic carbocycles. The topological polar surface area (TPSA) is 71.0 Å². The third-order valence-corrected chi connectivity index (χ3v) is 5.65. The van der Waals surface area contributed by atoms with Crippen molar-refractivity contribution in [1.82, 2.24) is 15.0 Å². The molecule has 1 N–H and O–H groups in total. The van der Waals surface area contributed by atoms with Gasteiger partial charge >= 0.3 is 0 Å². The van der Waals surface area contributed by atoms with Gasteiger partial charge < -0.3 is 10.2 Å². The highest BCUT2D eigenvalue weighted by Gasteiger charge is 2.15. The summed E-state index contributed by atoms with van der Waals surface area (Å²) in [5.74, 6) is 0.221. The van der Waals surface area contributed by atoms with Gasteiger partial charge in [0.05, 0.1) is 16.8 Å². The van der Waals surface area contributed by atoms with Crippen molar-refractivity contribution in [3.8, 4) is 11.3 Å². The van der Waals surface area contributed by atoms with Crippen LogP contribution in [0.5, 0.6) is 0 Å². The van der Waals surface area contributed by atoms with E-state index in [-0.39, 0.29) is 5.91 Å². The Kier molecular flexibility index (Phi) is 5.27. The van der Waals surface area contributed by atoms with Crippen molar-refractivity contribution in [2.45, 2.75) is 19.3 Å². The molecule has 1 aliphatic heterocycles. The summed E-state index contributed by atoms with van der Waals surface area (Å²) in [6.45, 7) is 2.20. The average molecular weight is 409 g/mol. The minimum atomic E-state index is -0.240. The fraction of sp³-hybridized carbons (Fsp3) is 0.200. The van der Waals surface area contributed by atoms with E-state index in [1.54, 1.807) is 18.3 Å². The van der Waals surface area contributed by atoms with Crippen LogP contribution >= 0.6 is 0 Å². The molecule has 0 saturated carbocycles. The van der Waals surface area contributed by atoms with Crippen molar-refractivity contribution in [2.75, 3.05) is 23.3 Å². The van der Waals surface area contributed by atoms with E-state index in [0.29, 0.717) is 16.9 Å². The number of pyridine rings is 1. The van der Waals surface area contributed by atoms with E-state index in [1.165, 1.54) is 31.3 Å². The lowest BCUT2D eigenvalue weighted by molar-refractivity contribution is 0.102. The first-order valence-corrected chi connectivity index (χ1v) is 10.6. The first kappa shape index (κ1) is 19.2. The van der Waals surface area contributed by atoms with Crippen LogP contribution in [0.2, 0.25) is 0 Å². The van der Waals surface area contributed by atoms with E-state index in [0.717, 1.165) is 29.7 Å². The van der Waals surface area contributed by atoms with Gasteiger partial charge in [-0.2, -0.15) is 0 Å². The Morgan fingerprint density at radius 3 is 2.65 bits per heavy atom. The van der Waals surface area contributed by atoms with E-state index < -0.39 is 0 Å². The molecule has 0 radical (unpaired) electrons. The van der Waals surface area contributed by atoms with Crippen LogP contribution in [0.15, 0.2) is 73.2 Å². The quantitative estimate of drug-likeness (QED) is 0.517. The monoisotopic (exact) mass is 409 g/mol. The van der Waals surface area contributed by atoms with Crippen molar-refractivity contribution in [3.05, 3.63) is 78.8 Å². The Bertz CT molecular complexity index is 1220. The van der Waals surface area contributed by atoms with E-state index in [1.807, 2.05) is 24.3 Å². The molecule has 0 bridgehead atoms. The Balaban J connectivity index is 1.50. The summed E-state index contributed by atoms with van der Waals surface area (Å²) in [5, 5.41) is 3.75. The molecule has 0 atom stereocenters. The lowest BCUT2D eigenvalue weighted by atomic mass is 10.0. The molecule has 2 aromatic heterocycles. The summed E-state index contributed by atoms with van der Waals surface area (Å²) in [5.41, 5.74) is 4.33. The van der Waals surface area contributed by atoms with Crippen LogP contribution in [0.3, 0.4) is 0 Å². The third kappa shape index (κ3) is 4.10. The van der Waals surface area contributed by atoms with E-state index in [2.05, 4.69) is 44.5 Å². The van der Waals surface area contributed by atoms with Crippen LogP contribution in [0.25, 0.3) is 22.2 Å². The molecule has 1 fully saturated rings. The summed E-state index contributed by atoms with van der Waals surface area (Å²) < 4.78 is 0. The molecular weight excluding hydrogens is 386 g/mol. The number of carbonyl (C=O) groups is 1. The minimum absolute atomic E-state index is 0.240. The smallest absolute Gasteiger partial charge is 0.259 e. The highest BCUT2D eigenvalue weighted by atomic mass is 16.1. The normalized spacial score (nSPS) is 13.9. The summed E-state index contributed by atoms with van der Waals surface area (Å²) in [7, 11) is 0. The summed E-state index contributed by atoms with van der Waals surface area (Å²) in [6, 6.07) is 19.8. The Morgan fingerprint density at radius 2 is 1.81 bits per heavy atom. The van der Waals surface area contributed by atoms with Gasteiger partial charge in [0.2, 0.25) is 0 Å². The van der Waals surface area contributed by atoms with Gasteiger partial charge in [-0.15, -0.1) is 0 Å². The zero-order valence-electron chi connectivity index (χ0n) is 17.2. The number of nitrogens with zero attached hydrogens (tertiary/aromatic N) is 4. The number of benzene rings is 2. The zero-order valence-corrected chi connectivity index (χ0v) is 17.2. The molecule has 6 heteroatoms. The number of fused-ring (bicyclic) bond motifs is 1. The number of anilines is 2. The maximum Gasteiger partial charge on any atom is 0.259 e. The molecule has 4 aromatic rings. The summed E-state index contributed by atoms with van der Waals surface area (Å²) in [6.07, 6.45) is 6.79. The van der Waals surface area contributed by atoms with Gasteiger partial charge in [0, 0.05) is 35.9 Å². The molecule has 2 aromatic carbocycles. The molecular formula is C25H23N5O. The molecule has 1 amide bonds. The van der Waals surface area contributed by atoms with Gasteiger partial charge in [0.1, 0.15) is 12.1 Å². The van der Waals surface area contributed by atoms with Gasteiger partial charge in [-0.05, 0) is 49.6 Å². The van der Waals surface area contributed by atoms with Crippen molar-refractivity contribution in [1.29, 1.82) is 0 Å². The minimum Gasteiger partial charge on any atom is -0.372 e. The third-order valence-electron chi connectivity index (χ3n) is 5.65. The van der Waals surface area contributed by atoms with Crippen LogP contribution in [-0.2, 0) is 0 Å². The van der Waals surface area contributed by atoms with Crippen molar-refractivity contribution in [3.63, 3.8) is 0 Å². The number of carbonyl (C=O) groups excluding carboxylic acids is 1. The van der Waals surface area contributed by atoms with Crippen molar-refractivity contribution >= 4 is 28.3 Å². The van der Waals surface area contributed by atoms with Gasteiger partial charge in [0.25, 0.3) is 5.91 Å². The average Bonchev–Trinajstić information content (AvgIpc) is 2.84. The second-order valence-electron chi connectivity index (χ2n) is 7.72. The largest absolute Gasteiger partial charge is 0.372 e. The highest BCUT2D eigenvalue weighted by Crippen LogP contribution is 2.28. The number of amides is 1. The second kappa shape index (κ2) is 8.52. The van der Waals surface area contributed by atoms with Gasteiger partial charge in [-0.1, -0.05) is 30.3 Å². The second-order valence-corrected chi connectivity index (χ2v) is 7.72. The number of para-hydroxylation sites is 1. The first-order valence-electron chi connectivity index (χ1n) is 10.6. The zero-order chi connectivity index (χ0) is 21.0. The fourth-order valence-corrected chi connectivity index (χ4v) is 4.05. The molecule has 1 aliphatic rings. The standard InChI is InChI=1S/C25H23N5O/c31-25(29-23-12-13-26-17-27-23)21-9-5-6-18-10-11-22(28-24(18)21)19-7-4-8-20(16-19)30-14-2-1-3-15-30/h4-13,16-17H,1-3,14-15H2,(H,26,27,29,31). The summed E-state index contributed by atoms with van der Waals surface area (Å²) >= 11 is 0. The Morgan fingerprint density at radius 1 is 0.935 bits per heavy atom. The number of nitrogens with one attached hydrogen (secondary N) is 1. The molecule has 1 saturated heterocycles. The van der Waals surface area contributed by atoms with Gasteiger partial charge in [-0.3, -0.25) is 4.79 Å².